The number of piperazine rings is 1. The fraction of sp³-hybridized carbons (Fsp3) is 0.261. The Hall–Kier alpha value is -3.61. The van der Waals surface area contributed by atoms with Crippen molar-refractivity contribution in [1.29, 1.82) is 0 Å². The second-order valence-electron chi connectivity index (χ2n) is 7.58. The van der Waals surface area contributed by atoms with Crippen molar-refractivity contribution in [2.45, 2.75) is 6.42 Å². The number of carbonyl (C=O) groups excluding carboxylic acids is 1. The molecule has 1 aliphatic heterocycles. The monoisotopic (exact) mass is 401 g/mol. The fourth-order valence-corrected chi connectivity index (χ4v) is 4.08. The number of aromatic nitrogens is 3. The SMILES string of the molecule is Cn1cc(CC(=O)N2CCN(c3ccc(-c4ccco4)nn3)CC2)c2ccccc21. The predicted octanol–water partition coefficient (Wildman–Crippen LogP) is 3.12. The van der Waals surface area contributed by atoms with Crippen LogP contribution in [0.2, 0.25) is 0 Å². The lowest BCUT2D eigenvalue weighted by molar-refractivity contribution is -0.130. The molecule has 5 rings (SSSR count). The first kappa shape index (κ1) is 18.4. The molecule has 30 heavy (non-hydrogen) atoms. The average molecular weight is 401 g/mol. The predicted molar refractivity (Wildman–Crippen MR) is 115 cm³/mol. The maximum atomic E-state index is 12.9. The van der Waals surface area contributed by atoms with Crippen LogP contribution in [-0.2, 0) is 18.3 Å². The van der Waals surface area contributed by atoms with E-state index in [0.717, 1.165) is 35.4 Å². The third-order valence-corrected chi connectivity index (χ3v) is 5.70. The van der Waals surface area contributed by atoms with E-state index >= 15 is 0 Å². The fourth-order valence-electron chi connectivity index (χ4n) is 4.08. The number of fused-ring (bicyclic) bond motifs is 1. The minimum absolute atomic E-state index is 0.172. The Morgan fingerprint density at radius 3 is 2.57 bits per heavy atom. The second-order valence-corrected chi connectivity index (χ2v) is 7.58. The first-order valence-corrected chi connectivity index (χ1v) is 10.1. The standard InChI is InChI=1S/C23H23N5O2/c1-26-16-17(18-5-2-3-6-20(18)26)15-23(29)28-12-10-27(11-13-28)22-9-8-19(24-25-22)21-7-4-14-30-21/h2-9,14,16H,10-13,15H2,1H3. The lowest BCUT2D eigenvalue weighted by atomic mass is 10.1. The average Bonchev–Trinajstić information content (AvgIpc) is 3.43. The van der Waals surface area contributed by atoms with Gasteiger partial charge in [-0.25, -0.2) is 0 Å². The van der Waals surface area contributed by atoms with E-state index in [4.69, 9.17) is 4.42 Å². The van der Waals surface area contributed by atoms with Gasteiger partial charge in [0.05, 0.1) is 12.7 Å². The number of furan rings is 1. The summed E-state index contributed by atoms with van der Waals surface area (Å²) in [4.78, 5) is 17.0. The van der Waals surface area contributed by atoms with Gasteiger partial charge in [-0.05, 0) is 35.9 Å². The molecule has 1 saturated heterocycles. The highest BCUT2D eigenvalue weighted by molar-refractivity contribution is 5.89. The molecule has 1 amide bonds. The Labute approximate surface area is 174 Å². The molecule has 0 saturated carbocycles. The molecule has 1 aliphatic rings. The molecule has 0 bridgehead atoms. The Balaban J connectivity index is 1.22. The minimum atomic E-state index is 0.172. The normalized spacial score (nSPS) is 14.4. The lowest BCUT2D eigenvalue weighted by Crippen LogP contribution is -2.49. The van der Waals surface area contributed by atoms with Crippen LogP contribution in [-0.4, -0.2) is 51.8 Å². The van der Waals surface area contributed by atoms with E-state index in [9.17, 15) is 4.79 Å². The third-order valence-electron chi connectivity index (χ3n) is 5.70. The summed E-state index contributed by atoms with van der Waals surface area (Å²) in [6.45, 7) is 2.86. The number of benzene rings is 1. The van der Waals surface area contributed by atoms with Crippen molar-refractivity contribution in [2.75, 3.05) is 31.1 Å². The highest BCUT2D eigenvalue weighted by Gasteiger charge is 2.23. The summed E-state index contributed by atoms with van der Waals surface area (Å²) in [6.07, 6.45) is 4.12. The summed E-state index contributed by atoms with van der Waals surface area (Å²) >= 11 is 0. The van der Waals surface area contributed by atoms with Crippen LogP contribution in [0.4, 0.5) is 5.82 Å². The van der Waals surface area contributed by atoms with Gasteiger partial charge in [-0.1, -0.05) is 18.2 Å². The van der Waals surface area contributed by atoms with Crippen LogP contribution < -0.4 is 4.90 Å². The number of nitrogens with zero attached hydrogens (tertiary/aromatic N) is 5. The highest BCUT2D eigenvalue weighted by Crippen LogP contribution is 2.22. The first-order chi connectivity index (χ1) is 14.7. The van der Waals surface area contributed by atoms with Crippen molar-refractivity contribution in [2.24, 2.45) is 7.05 Å². The molecule has 4 heterocycles. The number of rotatable bonds is 4. The molecule has 0 atom stereocenters. The van der Waals surface area contributed by atoms with Crippen LogP contribution in [0.5, 0.6) is 0 Å². The molecule has 0 unspecified atom stereocenters. The van der Waals surface area contributed by atoms with E-state index in [1.165, 1.54) is 0 Å². The van der Waals surface area contributed by atoms with Gasteiger partial charge in [-0.2, -0.15) is 0 Å². The summed E-state index contributed by atoms with van der Waals surface area (Å²) < 4.78 is 7.44. The smallest absolute Gasteiger partial charge is 0.227 e. The summed E-state index contributed by atoms with van der Waals surface area (Å²) in [5.74, 6) is 1.70. The molecular weight excluding hydrogens is 378 g/mol. The van der Waals surface area contributed by atoms with Crippen molar-refractivity contribution < 1.29 is 9.21 Å². The summed E-state index contributed by atoms with van der Waals surface area (Å²) in [5, 5.41) is 9.76. The number of hydrogen-bond acceptors (Lipinski definition) is 5. The molecule has 1 fully saturated rings. The van der Waals surface area contributed by atoms with Crippen LogP contribution in [0.3, 0.4) is 0 Å². The Morgan fingerprint density at radius 2 is 1.83 bits per heavy atom. The quantitative estimate of drug-likeness (QED) is 0.526. The number of aryl methyl sites for hydroxylation is 1. The van der Waals surface area contributed by atoms with E-state index in [-0.39, 0.29) is 5.91 Å². The van der Waals surface area contributed by atoms with Gasteiger partial charge in [-0.15, -0.1) is 10.2 Å². The Morgan fingerprint density at radius 1 is 1.00 bits per heavy atom. The molecule has 152 valence electrons. The molecule has 0 aliphatic carbocycles. The molecular formula is C23H23N5O2. The molecule has 3 aromatic heterocycles. The lowest BCUT2D eigenvalue weighted by Gasteiger charge is -2.35. The van der Waals surface area contributed by atoms with Gasteiger partial charge < -0.3 is 18.8 Å². The third kappa shape index (κ3) is 3.43. The highest BCUT2D eigenvalue weighted by atomic mass is 16.3. The molecule has 0 radical (unpaired) electrons. The van der Waals surface area contributed by atoms with E-state index in [0.29, 0.717) is 31.0 Å². The Bertz CT molecular complexity index is 1160. The van der Waals surface area contributed by atoms with Crippen LogP contribution in [0.25, 0.3) is 22.4 Å². The summed E-state index contributed by atoms with van der Waals surface area (Å²) in [6, 6.07) is 15.8. The van der Waals surface area contributed by atoms with Gasteiger partial charge in [-0.3, -0.25) is 4.79 Å². The first-order valence-electron chi connectivity index (χ1n) is 10.1. The van der Waals surface area contributed by atoms with Gasteiger partial charge in [0, 0.05) is 50.3 Å². The van der Waals surface area contributed by atoms with Crippen molar-refractivity contribution in [3.05, 3.63) is 66.6 Å². The second kappa shape index (κ2) is 7.67. The van der Waals surface area contributed by atoms with E-state index < -0.39 is 0 Å². The number of amides is 1. The number of anilines is 1. The molecule has 4 aromatic rings. The van der Waals surface area contributed by atoms with Crippen molar-refractivity contribution in [1.82, 2.24) is 19.7 Å². The maximum absolute atomic E-state index is 12.9. The van der Waals surface area contributed by atoms with Crippen LogP contribution in [0.15, 0.2) is 65.4 Å². The van der Waals surface area contributed by atoms with Gasteiger partial charge in [0.25, 0.3) is 0 Å². The van der Waals surface area contributed by atoms with Crippen molar-refractivity contribution in [3.63, 3.8) is 0 Å². The van der Waals surface area contributed by atoms with E-state index in [1.807, 2.05) is 48.3 Å². The zero-order valence-electron chi connectivity index (χ0n) is 16.9. The Kier molecular flexibility index (Phi) is 4.71. The maximum Gasteiger partial charge on any atom is 0.227 e. The number of carbonyl (C=O) groups is 1. The van der Waals surface area contributed by atoms with E-state index in [2.05, 4.69) is 38.0 Å². The summed E-state index contributed by atoms with van der Waals surface area (Å²) in [5.41, 5.74) is 2.95. The van der Waals surface area contributed by atoms with Crippen molar-refractivity contribution in [3.8, 4) is 11.5 Å². The topological polar surface area (TPSA) is 67.4 Å². The molecule has 7 heteroatoms. The minimum Gasteiger partial charge on any atom is -0.463 e. The van der Waals surface area contributed by atoms with Gasteiger partial charge in [0.15, 0.2) is 11.6 Å². The van der Waals surface area contributed by atoms with Crippen LogP contribution >= 0.6 is 0 Å². The van der Waals surface area contributed by atoms with E-state index in [1.54, 1.807) is 6.26 Å². The van der Waals surface area contributed by atoms with Gasteiger partial charge in [0.2, 0.25) is 5.91 Å². The van der Waals surface area contributed by atoms with Crippen LogP contribution in [0, 0.1) is 0 Å². The van der Waals surface area contributed by atoms with Gasteiger partial charge >= 0.3 is 0 Å². The van der Waals surface area contributed by atoms with Gasteiger partial charge in [0.1, 0.15) is 5.69 Å². The molecule has 0 N–H and O–H groups in total. The zero-order valence-corrected chi connectivity index (χ0v) is 16.9. The zero-order chi connectivity index (χ0) is 20.5. The molecule has 1 aromatic carbocycles. The van der Waals surface area contributed by atoms with Crippen molar-refractivity contribution >= 4 is 22.6 Å². The number of hydrogen-bond donors (Lipinski definition) is 0. The van der Waals surface area contributed by atoms with Crippen LogP contribution in [0.1, 0.15) is 5.56 Å². The molecule has 0 spiro atoms. The largest absolute Gasteiger partial charge is 0.463 e. The summed E-state index contributed by atoms with van der Waals surface area (Å²) in [7, 11) is 2.02. The molecule has 7 nitrogen and oxygen atoms in total. The number of para-hydroxylation sites is 1.